The first-order chi connectivity index (χ1) is 27.2. The van der Waals surface area contributed by atoms with Crippen molar-refractivity contribution in [3.05, 3.63) is 121 Å². The number of aliphatic hydroxyl groups excluding tert-OH is 1. The summed E-state index contributed by atoms with van der Waals surface area (Å²) in [5.74, 6) is -1.81. The van der Waals surface area contributed by atoms with Crippen LogP contribution in [0.5, 0.6) is 5.75 Å². The van der Waals surface area contributed by atoms with E-state index in [-0.39, 0.29) is 89.9 Å². The maximum absolute atomic E-state index is 15.3. The van der Waals surface area contributed by atoms with Crippen molar-refractivity contribution >= 4 is 61.2 Å². The minimum Gasteiger partial charge on any atom is -0.406 e. The molecule has 7 rings (SSSR count). The summed E-state index contributed by atoms with van der Waals surface area (Å²) in [5, 5.41) is 9.25. The lowest BCUT2D eigenvalue weighted by Crippen LogP contribution is -2.17. The van der Waals surface area contributed by atoms with Crippen molar-refractivity contribution in [3.63, 3.8) is 0 Å². The molecule has 1 aliphatic rings. The Labute approximate surface area is 335 Å². The van der Waals surface area contributed by atoms with Crippen LogP contribution in [0.25, 0.3) is 22.1 Å². The second-order valence-electron chi connectivity index (χ2n) is 13.3. The summed E-state index contributed by atoms with van der Waals surface area (Å²) in [6.45, 7) is 1.52. The lowest BCUT2D eigenvalue weighted by Gasteiger charge is -2.14. The monoisotopic (exact) mass is 876 g/mol. The third kappa shape index (κ3) is 10.6. The summed E-state index contributed by atoms with van der Waals surface area (Å²) in [6, 6.07) is 12.2. The minimum absolute atomic E-state index is 0.0104. The fourth-order valence-electron chi connectivity index (χ4n) is 6.10. The number of H-pyrrole nitrogens is 2. The van der Waals surface area contributed by atoms with Crippen molar-refractivity contribution in [2.24, 2.45) is 5.92 Å². The van der Waals surface area contributed by atoms with Gasteiger partial charge in [-0.05, 0) is 78.8 Å². The number of alkyl halides is 3. The van der Waals surface area contributed by atoms with Crippen molar-refractivity contribution in [1.29, 1.82) is 0 Å². The summed E-state index contributed by atoms with van der Waals surface area (Å²) in [6.07, 6.45) is 0.233. The standard InChI is InChI=1S/C22H20F4N2O3.C18H15BrClFN2O3/c1-12-6-15(31-22(24,25)26)5-4-14(12)7-17-16(19(29)10-30-9-13-2-3-13)8-18-21(20(17)23)28-11-27-18;19-11-2-1-10(14(20)6-11)5-13-12(16(25)8-26-4-3-24)7-15-18(17(13)21)23-9-22-15/h4-6,8,11,13H,2-3,7,9-10H2,1H3,(H,27,28);1-2,6-7,9,24H,3-5,8H2,(H,22,23). The summed E-state index contributed by atoms with van der Waals surface area (Å²) in [7, 11) is 0. The van der Waals surface area contributed by atoms with Gasteiger partial charge in [-0.25, -0.2) is 18.7 Å². The number of nitrogens with one attached hydrogen (secondary N) is 2. The Kier molecular flexibility index (Phi) is 13.4. The quantitative estimate of drug-likeness (QED) is 0.0528. The van der Waals surface area contributed by atoms with Crippen molar-refractivity contribution in [3.8, 4) is 5.75 Å². The Balaban J connectivity index is 0.000000196. The maximum atomic E-state index is 15.3. The number of ketones is 2. The number of rotatable bonds is 15. The third-order valence-corrected chi connectivity index (χ3v) is 10.0. The summed E-state index contributed by atoms with van der Waals surface area (Å²) < 4.78 is 83.0. The highest BCUT2D eigenvalue weighted by atomic mass is 79.9. The molecule has 2 heterocycles. The Hall–Kier alpha value is -4.74. The van der Waals surface area contributed by atoms with E-state index in [1.165, 1.54) is 30.9 Å². The van der Waals surface area contributed by atoms with E-state index >= 15 is 8.78 Å². The normalized spacial score (nSPS) is 12.9. The summed E-state index contributed by atoms with van der Waals surface area (Å²) >= 11 is 9.58. The molecule has 1 saturated carbocycles. The van der Waals surface area contributed by atoms with Gasteiger partial charge in [-0.2, -0.15) is 0 Å². The number of aromatic nitrogens is 4. The first-order valence-electron chi connectivity index (χ1n) is 17.6. The molecule has 0 radical (unpaired) electrons. The molecular weight excluding hydrogens is 843 g/mol. The summed E-state index contributed by atoms with van der Waals surface area (Å²) in [4.78, 5) is 38.9. The number of aryl methyl sites for hydroxylation is 1. The molecule has 6 aromatic rings. The molecule has 0 amide bonds. The molecule has 0 aliphatic heterocycles. The molecule has 0 atom stereocenters. The first kappa shape index (κ1) is 41.9. The second kappa shape index (κ2) is 18.2. The Morgan fingerprint density at radius 2 is 1.42 bits per heavy atom. The van der Waals surface area contributed by atoms with Crippen LogP contribution in [0.15, 0.2) is 65.7 Å². The number of hydrogen-bond donors (Lipinski definition) is 3. The van der Waals surface area contributed by atoms with E-state index in [2.05, 4.69) is 40.6 Å². The van der Waals surface area contributed by atoms with E-state index in [1.807, 2.05) is 0 Å². The number of carbonyl (C=O) groups is 2. The van der Waals surface area contributed by atoms with E-state index in [0.717, 1.165) is 17.3 Å². The number of ether oxygens (including phenoxy) is 3. The van der Waals surface area contributed by atoms with Crippen LogP contribution in [0.4, 0.5) is 22.0 Å². The van der Waals surface area contributed by atoms with Gasteiger partial charge in [0.1, 0.15) is 30.0 Å². The number of aromatic amines is 2. The Morgan fingerprint density at radius 1 is 0.860 bits per heavy atom. The van der Waals surface area contributed by atoms with Crippen molar-refractivity contribution in [1.82, 2.24) is 19.9 Å². The Bertz CT molecular complexity index is 2420. The topological polar surface area (TPSA) is 139 Å². The van der Waals surface area contributed by atoms with Crippen molar-refractivity contribution < 1.29 is 50.9 Å². The van der Waals surface area contributed by atoms with Gasteiger partial charge in [0.25, 0.3) is 0 Å². The van der Waals surface area contributed by atoms with Crippen LogP contribution < -0.4 is 4.74 Å². The van der Waals surface area contributed by atoms with Gasteiger partial charge in [0, 0.05) is 44.6 Å². The molecule has 1 fully saturated rings. The minimum atomic E-state index is -4.80. The van der Waals surface area contributed by atoms with Crippen molar-refractivity contribution in [2.45, 2.75) is 39.0 Å². The summed E-state index contributed by atoms with van der Waals surface area (Å²) in [5.41, 5.74) is 3.53. The molecule has 0 saturated heterocycles. The van der Waals surface area contributed by atoms with Gasteiger partial charge >= 0.3 is 6.36 Å². The molecule has 1 aliphatic carbocycles. The highest BCUT2D eigenvalue weighted by Crippen LogP contribution is 2.32. The molecule has 0 bridgehead atoms. The molecule has 4 aromatic carbocycles. The van der Waals surface area contributed by atoms with Gasteiger partial charge in [-0.3, -0.25) is 9.59 Å². The molecule has 0 spiro atoms. The zero-order valence-corrected chi connectivity index (χ0v) is 32.6. The smallest absolute Gasteiger partial charge is 0.406 e. The first-order valence-corrected chi connectivity index (χ1v) is 18.8. The van der Waals surface area contributed by atoms with Crippen LogP contribution in [0, 0.1) is 24.5 Å². The van der Waals surface area contributed by atoms with Gasteiger partial charge < -0.3 is 29.3 Å². The molecule has 0 unspecified atom stereocenters. The predicted octanol–water partition coefficient (Wildman–Crippen LogP) is 9.01. The molecule has 10 nitrogen and oxygen atoms in total. The largest absolute Gasteiger partial charge is 0.573 e. The highest BCUT2D eigenvalue weighted by molar-refractivity contribution is 9.10. The molecule has 300 valence electrons. The second-order valence-corrected chi connectivity index (χ2v) is 14.7. The lowest BCUT2D eigenvalue weighted by molar-refractivity contribution is -0.274. The van der Waals surface area contributed by atoms with E-state index in [4.69, 9.17) is 26.2 Å². The predicted molar refractivity (Wildman–Crippen MR) is 205 cm³/mol. The van der Waals surface area contributed by atoms with Gasteiger partial charge in [0.2, 0.25) is 0 Å². The highest BCUT2D eigenvalue weighted by Gasteiger charge is 2.31. The third-order valence-electron chi connectivity index (χ3n) is 9.16. The number of carbonyl (C=O) groups excluding carboxylic acids is 2. The molecule has 17 heteroatoms. The fraction of sp³-hybridized carbons (Fsp3) is 0.300. The van der Waals surface area contributed by atoms with Crippen LogP contribution >= 0.6 is 27.5 Å². The van der Waals surface area contributed by atoms with E-state index in [9.17, 15) is 22.8 Å². The van der Waals surface area contributed by atoms with Gasteiger partial charge in [-0.15, -0.1) is 13.2 Å². The lowest BCUT2D eigenvalue weighted by atomic mass is 9.94. The SMILES string of the molecule is Cc1cc(OC(F)(F)F)ccc1Cc1c(C(=O)COCC2CC2)cc2[nH]cnc2c1F.O=C(COCCO)c1cc2[nH]cnc2c(F)c1Cc1ccc(Br)cc1Cl. The number of aliphatic hydroxyl groups is 1. The van der Waals surface area contributed by atoms with Crippen LogP contribution in [-0.2, 0) is 22.3 Å². The molecular formula is C40H35BrClF5N4O6. The van der Waals surface area contributed by atoms with E-state index in [0.29, 0.717) is 45.3 Å². The van der Waals surface area contributed by atoms with E-state index < -0.39 is 18.0 Å². The zero-order valence-electron chi connectivity index (χ0n) is 30.2. The van der Waals surface area contributed by atoms with Crippen LogP contribution in [0.2, 0.25) is 5.02 Å². The molecule has 57 heavy (non-hydrogen) atoms. The number of imidazole rings is 2. The average molecular weight is 878 g/mol. The number of hydrogen-bond acceptors (Lipinski definition) is 8. The number of Topliss-reactive ketones (excluding diaryl/α,β-unsaturated/α-hetero) is 2. The number of halogens is 7. The van der Waals surface area contributed by atoms with Gasteiger partial charge in [0.05, 0.1) is 43.5 Å². The number of benzene rings is 4. The van der Waals surface area contributed by atoms with Crippen LogP contribution in [-0.4, -0.2) is 76.0 Å². The molecule has 3 N–H and O–H groups in total. The van der Waals surface area contributed by atoms with E-state index in [1.54, 1.807) is 37.3 Å². The Morgan fingerprint density at radius 3 is 1.95 bits per heavy atom. The molecule has 2 aromatic heterocycles. The van der Waals surface area contributed by atoms with Crippen LogP contribution in [0.1, 0.15) is 61.4 Å². The van der Waals surface area contributed by atoms with Crippen molar-refractivity contribution in [2.75, 3.05) is 33.0 Å². The van der Waals surface area contributed by atoms with Crippen LogP contribution in [0.3, 0.4) is 0 Å². The average Bonchev–Trinajstić information content (AvgIpc) is 3.62. The zero-order chi connectivity index (χ0) is 40.9. The number of nitrogens with zero attached hydrogens (tertiary/aromatic N) is 2. The fourth-order valence-corrected chi connectivity index (χ4v) is 6.84. The maximum Gasteiger partial charge on any atom is 0.573 e. The van der Waals surface area contributed by atoms with Gasteiger partial charge in [-0.1, -0.05) is 39.7 Å². The van der Waals surface area contributed by atoms with Gasteiger partial charge in [0.15, 0.2) is 23.2 Å². The number of fused-ring (bicyclic) bond motifs is 2.